The molecule has 8 heteroatoms. The molecule has 7 nitrogen and oxygen atoms in total. The maximum atomic E-state index is 12.6. The maximum absolute atomic E-state index is 12.6. The van der Waals surface area contributed by atoms with E-state index in [4.69, 9.17) is 5.11 Å². The Morgan fingerprint density at radius 1 is 1.21 bits per heavy atom. The highest BCUT2D eigenvalue weighted by Gasteiger charge is 2.45. The van der Waals surface area contributed by atoms with Crippen LogP contribution in [-0.2, 0) is 10.0 Å². The molecule has 134 valence electrons. The van der Waals surface area contributed by atoms with Crippen molar-refractivity contribution in [1.82, 2.24) is 9.79 Å². The SMILES string of the molecule is CC1(C)CC(NS(=O)(=O)c2cccc(C(=O)O)c2)CC(C)(C)N1O. The van der Waals surface area contributed by atoms with Gasteiger partial charge in [0.1, 0.15) is 0 Å². The van der Waals surface area contributed by atoms with Crippen molar-refractivity contribution in [3.8, 4) is 0 Å². The third-order valence-electron chi connectivity index (χ3n) is 4.35. The molecule has 1 aromatic carbocycles. The molecule has 1 fully saturated rings. The molecule has 0 bridgehead atoms. The summed E-state index contributed by atoms with van der Waals surface area (Å²) >= 11 is 0. The molecule has 0 spiro atoms. The van der Waals surface area contributed by atoms with Crippen LogP contribution in [0, 0.1) is 0 Å². The zero-order valence-electron chi connectivity index (χ0n) is 14.3. The predicted molar refractivity (Wildman–Crippen MR) is 88.5 cm³/mol. The highest BCUT2D eigenvalue weighted by molar-refractivity contribution is 7.89. The van der Waals surface area contributed by atoms with Gasteiger partial charge in [-0.3, -0.25) is 0 Å². The van der Waals surface area contributed by atoms with E-state index < -0.39 is 27.1 Å². The van der Waals surface area contributed by atoms with Gasteiger partial charge in [0.2, 0.25) is 10.0 Å². The summed E-state index contributed by atoms with van der Waals surface area (Å²) in [7, 11) is -3.85. The van der Waals surface area contributed by atoms with Gasteiger partial charge in [0.15, 0.2) is 0 Å². The van der Waals surface area contributed by atoms with Crippen molar-refractivity contribution >= 4 is 16.0 Å². The van der Waals surface area contributed by atoms with Crippen molar-refractivity contribution in [2.24, 2.45) is 0 Å². The summed E-state index contributed by atoms with van der Waals surface area (Å²) in [6.07, 6.45) is 0.871. The van der Waals surface area contributed by atoms with Crippen molar-refractivity contribution in [2.45, 2.75) is 62.6 Å². The lowest BCUT2D eigenvalue weighted by Crippen LogP contribution is -2.62. The Morgan fingerprint density at radius 2 is 1.75 bits per heavy atom. The summed E-state index contributed by atoms with van der Waals surface area (Å²) in [4.78, 5) is 10.9. The highest BCUT2D eigenvalue weighted by Crippen LogP contribution is 2.37. The standard InChI is InChI=1S/C16H24N2O5S/c1-15(2)9-12(10-16(3,4)18(15)21)17-24(22,23)13-7-5-6-11(8-13)14(19)20/h5-8,12,17,21H,9-10H2,1-4H3,(H,19,20). The van der Waals surface area contributed by atoms with Crippen LogP contribution < -0.4 is 4.72 Å². The summed E-state index contributed by atoms with van der Waals surface area (Å²) in [5.41, 5.74) is -1.25. The second-order valence-corrected chi connectivity index (χ2v) is 9.21. The van der Waals surface area contributed by atoms with Crippen molar-refractivity contribution in [1.29, 1.82) is 0 Å². The molecule has 1 aromatic rings. The van der Waals surface area contributed by atoms with E-state index in [9.17, 15) is 18.4 Å². The summed E-state index contributed by atoms with van der Waals surface area (Å²) in [5.74, 6) is -1.18. The number of hydrogen-bond donors (Lipinski definition) is 3. The second-order valence-electron chi connectivity index (χ2n) is 7.50. The minimum Gasteiger partial charge on any atom is -0.478 e. The molecule has 3 N–H and O–H groups in total. The Hall–Kier alpha value is -1.48. The number of carbonyl (C=O) groups is 1. The lowest BCUT2D eigenvalue weighted by Gasteiger charge is -2.51. The number of nitrogens with one attached hydrogen (secondary N) is 1. The normalized spacial score (nSPS) is 21.5. The van der Waals surface area contributed by atoms with Crippen molar-refractivity contribution in [3.05, 3.63) is 29.8 Å². The first-order valence-corrected chi connectivity index (χ1v) is 9.18. The number of sulfonamides is 1. The van der Waals surface area contributed by atoms with Crippen LogP contribution in [0.2, 0.25) is 0 Å². The van der Waals surface area contributed by atoms with Crippen LogP contribution in [0.1, 0.15) is 50.9 Å². The Bertz CT molecular complexity index is 725. The number of carboxylic acids is 1. The lowest BCUT2D eigenvalue weighted by molar-refractivity contribution is -0.245. The molecule has 0 aromatic heterocycles. The molecule has 0 radical (unpaired) electrons. The van der Waals surface area contributed by atoms with Gasteiger partial charge in [0.05, 0.1) is 10.5 Å². The summed E-state index contributed by atoms with van der Waals surface area (Å²) in [6, 6.07) is 4.89. The minimum atomic E-state index is -3.85. The molecular weight excluding hydrogens is 332 g/mol. The quantitative estimate of drug-likeness (QED) is 0.762. The summed E-state index contributed by atoms with van der Waals surface area (Å²) < 4.78 is 27.8. The average molecular weight is 356 g/mol. The fourth-order valence-corrected chi connectivity index (χ4v) is 4.72. The molecule has 1 aliphatic rings. The molecular formula is C16H24N2O5S. The third kappa shape index (κ3) is 3.77. The molecule has 1 aliphatic heterocycles. The monoisotopic (exact) mass is 356 g/mol. The number of hydrogen-bond acceptors (Lipinski definition) is 5. The molecule has 2 rings (SSSR count). The van der Waals surface area contributed by atoms with E-state index >= 15 is 0 Å². The van der Waals surface area contributed by atoms with Gasteiger partial charge in [-0.25, -0.2) is 17.9 Å². The fourth-order valence-electron chi connectivity index (χ4n) is 3.44. The molecule has 0 atom stereocenters. The first-order valence-electron chi connectivity index (χ1n) is 7.70. The molecule has 0 saturated carbocycles. The van der Waals surface area contributed by atoms with Gasteiger partial charge in [-0.15, -0.1) is 0 Å². The lowest BCUT2D eigenvalue weighted by atomic mass is 9.79. The van der Waals surface area contributed by atoms with Gasteiger partial charge in [-0.2, -0.15) is 5.06 Å². The van der Waals surface area contributed by atoms with Crippen LogP contribution in [0.15, 0.2) is 29.2 Å². The molecule has 0 unspecified atom stereocenters. The predicted octanol–water partition coefficient (Wildman–Crippen LogP) is 2.07. The number of nitrogens with zero attached hydrogens (tertiary/aromatic N) is 1. The molecule has 1 saturated heterocycles. The smallest absolute Gasteiger partial charge is 0.335 e. The van der Waals surface area contributed by atoms with Crippen LogP contribution in [-0.4, -0.2) is 46.9 Å². The van der Waals surface area contributed by atoms with Gasteiger partial charge >= 0.3 is 5.97 Å². The van der Waals surface area contributed by atoms with E-state index in [2.05, 4.69) is 4.72 Å². The third-order valence-corrected chi connectivity index (χ3v) is 5.87. The van der Waals surface area contributed by atoms with E-state index in [-0.39, 0.29) is 16.5 Å². The molecule has 0 aliphatic carbocycles. The largest absolute Gasteiger partial charge is 0.478 e. The fraction of sp³-hybridized carbons (Fsp3) is 0.562. The zero-order chi connectivity index (χ0) is 18.3. The van der Waals surface area contributed by atoms with Gasteiger partial charge < -0.3 is 10.3 Å². The maximum Gasteiger partial charge on any atom is 0.335 e. The Kier molecular flexibility index (Phi) is 4.80. The van der Waals surface area contributed by atoms with Crippen LogP contribution in [0.3, 0.4) is 0 Å². The second kappa shape index (κ2) is 6.11. The number of hydroxylamine groups is 2. The first kappa shape index (κ1) is 18.9. The van der Waals surface area contributed by atoms with Crippen LogP contribution in [0.25, 0.3) is 0 Å². The molecule has 0 amide bonds. The number of carboxylic acid groups (broad SMARTS) is 1. The average Bonchev–Trinajstić information content (AvgIpc) is 2.43. The van der Waals surface area contributed by atoms with Crippen molar-refractivity contribution in [2.75, 3.05) is 0 Å². The Balaban J connectivity index is 2.26. The summed E-state index contributed by atoms with van der Waals surface area (Å²) in [6.45, 7) is 7.39. The highest BCUT2D eigenvalue weighted by atomic mass is 32.2. The first-order chi connectivity index (χ1) is 10.8. The van der Waals surface area contributed by atoms with Crippen LogP contribution in [0.5, 0.6) is 0 Å². The van der Waals surface area contributed by atoms with Gasteiger partial charge in [-0.05, 0) is 58.7 Å². The molecule has 1 heterocycles. The van der Waals surface area contributed by atoms with Crippen LogP contribution >= 0.6 is 0 Å². The van der Waals surface area contributed by atoms with E-state index in [0.717, 1.165) is 6.07 Å². The Labute approximate surface area is 142 Å². The van der Waals surface area contributed by atoms with E-state index in [0.29, 0.717) is 12.8 Å². The number of piperidine rings is 1. The van der Waals surface area contributed by atoms with Gasteiger partial charge in [-0.1, -0.05) is 6.07 Å². The minimum absolute atomic E-state index is 0.0792. The molecule has 24 heavy (non-hydrogen) atoms. The van der Waals surface area contributed by atoms with E-state index in [1.54, 1.807) is 0 Å². The topological polar surface area (TPSA) is 107 Å². The van der Waals surface area contributed by atoms with Crippen LogP contribution in [0.4, 0.5) is 0 Å². The number of benzene rings is 1. The number of aromatic carboxylic acids is 1. The van der Waals surface area contributed by atoms with E-state index in [1.807, 2.05) is 27.7 Å². The van der Waals surface area contributed by atoms with Gasteiger partial charge in [0, 0.05) is 17.1 Å². The number of rotatable bonds is 4. The zero-order valence-corrected chi connectivity index (χ0v) is 15.1. The van der Waals surface area contributed by atoms with Crippen molar-refractivity contribution in [3.63, 3.8) is 0 Å². The van der Waals surface area contributed by atoms with Crippen molar-refractivity contribution < 1.29 is 23.5 Å². The Morgan fingerprint density at radius 3 is 2.25 bits per heavy atom. The van der Waals surface area contributed by atoms with E-state index in [1.165, 1.54) is 23.3 Å². The van der Waals surface area contributed by atoms with Gasteiger partial charge in [0.25, 0.3) is 0 Å². The summed E-state index contributed by atoms with van der Waals surface area (Å²) in [5, 5.41) is 20.6.